The fourth-order valence-corrected chi connectivity index (χ4v) is 13.3. The minimum absolute atomic E-state index is 0.0671. The quantitative estimate of drug-likeness (QED) is 0.232. The lowest BCUT2D eigenvalue weighted by molar-refractivity contribution is -0.233. The van der Waals surface area contributed by atoms with Gasteiger partial charge in [-0.15, -0.1) is 0 Å². The number of Topliss-reactive ketones (excluding diaryl/α,β-unsaturated/α-hetero) is 1. The predicted molar refractivity (Wildman–Crippen MR) is 205 cm³/mol. The third-order valence-electron chi connectivity index (χ3n) is 16.5. The first-order chi connectivity index (χ1) is 24.1. The van der Waals surface area contributed by atoms with E-state index in [1.54, 1.807) is 13.8 Å². The number of esters is 1. The average Bonchev–Trinajstić information content (AvgIpc) is 3.35. The van der Waals surface area contributed by atoms with Crippen LogP contribution < -0.4 is 5.32 Å². The van der Waals surface area contributed by atoms with Gasteiger partial charge in [0.25, 0.3) is 0 Å². The summed E-state index contributed by atoms with van der Waals surface area (Å²) < 4.78 is 6.19. The second kappa shape index (κ2) is 13.0. The zero-order valence-electron chi connectivity index (χ0n) is 34.2. The van der Waals surface area contributed by atoms with Crippen LogP contribution in [-0.4, -0.2) is 40.5 Å². The number of carbonyl (C=O) groups excluding carboxylic acids is 2. The van der Waals surface area contributed by atoms with Crippen molar-refractivity contribution in [1.29, 1.82) is 0 Å². The van der Waals surface area contributed by atoms with Crippen molar-refractivity contribution >= 4 is 17.7 Å². The van der Waals surface area contributed by atoms with Crippen molar-refractivity contribution in [2.75, 3.05) is 6.54 Å². The maximum absolute atomic E-state index is 14.1. The highest BCUT2D eigenvalue weighted by Crippen LogP contribution is 2.77. The van der Waals surface area contributed by atoms with Gasteiger partial charge in [-0.05, 0) is 149 Å². The van der Waals surface area contributed by atoms with Crippen molar-refractivity contribution in [3.8, 4) is 0 Å². The van der Waals surface area contributed by atoms with Crippen LogP contribution in [0.1, 0.15) is 152 Å². The number of hydrogen-bond acceptors (Lipinski definition) is 6. The molecule has 4 saturated carbocycles. The number of rotatable bonds is 10. The first-order valence-corrected chi connectivity index (χ1v) is 20.4. The number of aliphatic carboxylic acids is 1. The number of ketones is 1. The van der Waals surface area contributed by atoms with Gasteiger partial charge >= 0.3 is 11.9 Å². The third kappa shape index (κ3) is 6.02. The Morgan fingerprint density at radius 2 is 1.67 bits per heavy atom. The molecule has 0 saturated heterocycles. The minimum atomic E-state index is -1.15. The number of aromatic nitrogens is 1. The zero-order chi connectivity index (χ0) is 38.3. The fraction of sp³-hybridized carbons (Fsp3) is 0.778. The molecule has 5 aliphatic carbocycles. The number of hydrogen-bond donors (Lipinski definition) is 2. The normalized spacial score (nSPS) is 37.2. The smallest absolute Gasteiger partial charge is 0.309 e. The van der Waals surface area contributed by atoms with E-state index in [1.807, 2.05) is 18.5 Å². The monoisotopic (exact) mass is 717 g/mol. The molecule has 8 unspecified atom stereocenters. The van der Waals surface area contributed by atoms with Crippen molar-refractivity contribution in [3.63, 3.8) is 0 Å². The molecule has 8 atom stereocenters. The van der Waals surface area contributed by atoms with Crippen molar-refractivity contribution in [3.05, 3.63) is 41.2 Å². The van der Waals surface area contributed by atoms with Gasteiger partial charge in [0.1, 0.15) is 6.10 Å². The van der Waals surface area contributed by atoms with E-state index in [-0.39, 0.29) is 51.1 Å². The lowest BCUT2D eigenvalue weighted by Crippen LogP contribution is -2.65. The van der Waals surface area contributed by atoms with Crippen LogP contribution >= 0.6 is 0 Å². The SMILES string of the molecule is CC(C)C1=C2C3CCC4C5(C)CCC(OC(=O)CC(C)(C)C(=O)O)C(C)(C)C5CCC4(C)C3(C)CCC2(CCNC(C)(C)c2cccnc2)CC1=O. The van der Waals surface area contributed by atoms with E-state index in [1.165, 1.54) is 17.6 Å². The second-order valence-corrected chi connectivity index (χ2v) is 20.7. The summed E-state index contributed by atoms with van der Waals surface area (Å²) in [5, 5.41) is 13.5. The Morgan fingerprint density at radius 3 is 2.31 bits per heavy atom. The molecule has 0 amide bonds. The number of allylic oxidation sites excluding steroid dienone is 2. The first-order valence-electron chi connectivity index (χ1n) is 20.4. The molecule has 2 N–H and O–H groups in total. The van der Waals surface area contributed by atoms with Crippen LogP contribution in [0.4, 0.5) is 0 Å². The Bertz CT molecular complexity index is 1610. The maximum Gasteiger partial charge on any atom is 0.309 e. The summed E-state index contributed by atoms with van der Waals surface area (Å²) in [5.41, 5.74) is 2.59. The molecule has 7 heteroatoms. The largest absolute Gasteiger partial charge is 0.481 e. The molecule has 0 bridgehead atoms. The second-order valence-electron chi connectivity index (χ2n) is 20.7. The third-order valence-corrected chi connectivity index (χ3v) is 16.5. The van der Waals surface area contributed by atoms with Gasteiger partial charge in [0.15, 0.2) is 5.78 Å². The zero-order valence-corrected chi connectivity index (χ0v) is 34.2. The van der Waals surface area contributed by atoms with Gasteiger partial charge in [-0.1, -0.05) is 60.1 Å². The van der Waals surface area contributed by atoms with E-state index in [9.17, 15) is 19.5 Å². The number of nitrogens with one attached hydrogen (secondary N) is 1. The van der Waals surface area contributed by atoms with Gasteiger partial charge in [-0.2, -0.15) is 0 Å². The number of carboxylic acid groups (broad SMARTS) is 1. The average molecular weight is 717 g/mol. The van der Waals surface area contributed by atoms with E-state index in [4.69, 9.17) is 4.74 Å². The van der Waals surface area contributed by atoms with Crippen molar-refractivity contribution in [2.45, 2.75) is 158 Å². The standard InChI is InChI=1S/C45H68N2O5/c1-28(2)36-31(48)25-45(22-24-47-41(7,8)29-13-12-23-46-27-29)21-20-43(10)30(37(36)45)14-15-33-42(9)18-17-34(52-35(49)26-39(3,4)38(50)51)40(5,6)32(42)16-19-44(33,43)11/h12-13,23,27-28,30,32-34,47H,14-22,24-26H2,1-11H3,(H,50,51). The highest BCUT2D eigenvalue weighted by Gasteiger charge is 2.70. The van der Waals surface area contributed by atoms with E-state index in [0.29, 0.717) is 30.0 Å². The van der Waals surface area contributed by atoms with Crippen molar-refractivity contribution in [1.82, 2.24) is 10.3 Å². The van der Waals surface area contributed by atoms with Crippen LogP contribution in [-0.2, 0) is 24.7 Å². The molecule has 1 heterocycles. The molecule has 52 heavy (non-hydrogen) atoms. The van der Waals surface area contributed by atoms with Gasteiger partial charge in [-0.3, -0.25) is 19.4 Å². The topological polar surface area (TPSA) is 106 Å². The summed E-state index contributed by atoms with van der Waals surface area (Å²) in [7, 11) is 0. The summed E-state index contributed by atoms with van der Waals surface area (Å²) in [6.07, 6.45) is 13.7. The Balaban J connectivity index is 1.26. The first kappa shape index (κ1) is 39.2. The van der Waals surface area contributed by atoms with Crippen LogP contribution in [0.2, 0.25) is 0 Å². The van der Waals surface area contributed by atoms with Crippen LogP contribution in [0.5, 0.6) is 0 Å². The van der Waals surface area contributed by atoms with E-state index < -0.39 is 17.4 Å². The maximum atomic E-state index is 14.1. The molecule has 6 rings (SSSR count). The molecule has 0 aliphatic heterocycles. The van der Waals surface area contributed by atoms with E-state index in [2.05, 4.69) is 78.7 Å². The highest BCUT2D eigenvalue weighted by atomic mass is 16.5. The van der Waals surface area contributed by atoms with Crippen LogP contribution in [0.15, 0.2) is 35.7 Å². The Labute approximate surface area is 313 Å². The van der Waals surface area contributed by atoms with Gasteiger partial charge in [0.2, 0.25) is 0 Å². The number of fused-ring (bicyclic) bond motifs is 7. The lowest BCUT2D eigenvalue weighted by atomic mass is 9.33. The van der Waals surface area contributed by atoms with Gasteiger partial charge in [-0.25, -0.2) is 0 Å². The molecule has 1 aromatic rings. The summed E-state index contributed by atoms with van der Waals surface area (Å²) in [6.45, 7) is 25.4. The predicted octanol–water partition coefficient (Wildman–Crippen LogP) is 9.69. The van der Waals surface area contributed by atoms with E-state index in [0.717, 1.165) is 63.5 Å². The van der Waals surface area contributed by atoms with Crippen LogP contribution in [0.3, 0.4) is 0 Å². The van der Waals surface area contributed by atoms with Crippen LogP contribution in [0, 0.1) is 56.2 Å². The number of pyridine rings is 1. The summed E-state index contributed by atoms with van der Waals surface area (Å²) in [6, 6.07) is 4.14. The molecule has 0 aromatic carbocycles. The summed E-state index contributed by atoms with van der Waals surface area (Å²) in [4.78, 5) is 43.3. The molecule has 288 valence electrons. The van der Waals surface area contributed by atoms with E-state index >= 15 is 0 Å². The molecule has 4 fully saturated rings. The van der Waals surface area contributed by atoms with Gasteiger partial charge in [0, 0.05) is 35.2 Å². The summed E-state index contributed by atoms with van der Waals surface area (Å²) >= 11 is 0. The Hall–Kier alpha value is -2.54. The van der Waals surface area contributed by atoms with Crippen LogP contribution in [0.25, 0.3) is 0 Å². The summed E-state index contributed by atoms with van der Waals surface area (Å²) in [5.74, 6) is 0.625. The highest BCUT2D eigenvalue weighted by molar-refractivity contribution is 6.00. The molecule has 0 radical (unpaired) electrons. The molecular weight excluding hydrogens is 649 g/mol. The number of ether oxygens (including phenoxy) is 1. The van der Waals surface area contributed by atoms with Crippen molar-refractivity contribution < 1.29 is 24.2 Å². The lowest BCUT2D eigenvalue weighted by Gasteiger charge is -2.72. The Kier molecular flexibility index (Phi) is 9.83. The molecule has 7 nitrogen and oxygen atoms in total. The van der Waals surface area contributed by atoms with Gasteiger partial charge < -0.3 is 15.2 Å². The molecule has 5 aliphatic rings. The fourth-order valence-electron chi connectivity index (χ4n) is 13.3. The van der Waals surface area contributed by atoms with Gasteiger partial charge in [0.05, 0.1) is 11.8 Å². The molecule has 0 spiro atoms. The number of carbonyl (C=O) groups is 3. The molecule has 1 aromatic heterocycles. The Morgan fingerprint density at radius 1 is 0.962 bits per heavy atom. The number of carboxylic acids is 1. The minimum Gasteiger partial charge on any atom is -0.481 e. The van der Waals surface area contributed by atoms with Crippen molar-refractivity contribution in [2.24, 2.45) is 56.2 Å². The number of nitrogens with zero attached hydrogens (tertiary/aromatic N) is 1. The molecular formula is C45H68N2O5.